The fourth-order valence-corrected chi connectivity index (χ4v) is 4.79. The summed E-state index contributed by atoms with van der Waals surface area (Å²) in [6, 6.07) is 0. The predicted molar refractivity (Wildman–Crippen MR) is 153 cm³/mol. The van der Waals surface area contributed by atoms with Gasteiger partial charge in [-0.15, -0.1) is 0 Å². The average Bonchev–Trinajstić information content (AvgIpc) is 2.86. The normalized spacial score (nSPS) is 11.3. The van der Waals surface area contributed by atoms with Gasteiger partial charge in [-0.05, 0) is 12.8 Å². The molecule has 0 aromatic rings. The predicted octanol–water partition coefficient (Wildman–Crippen LogP) is 11.4. The molecule has 0 radical (unpaired) electrons. The summed E-state index contributed by atoms with van der Waals surface area (Å²) in [6.07, 6.45) is 36.5. The van der Waals surface area contributed by atoms with Crippen LogP contribution in [0.4, 0.5) is 0 Å². The number of unbranched alkanes of at least 4 members (excludes halogenated alkanes) is 25. The highest BCUT2D eigenvalue weighted by Gasteiger charge is 2.04. The van der Waals surface area contributed by atoms with Crippen molar-refractivity contribution in [3.63, 3.8) is 0 Å². The van der Waals surface area contributed by atoms with Crippen molar-refractivity contribution in [1.82, 2.24) is 0 Å². The maximum atomic E-state index is 11.7. The van der Waals surface area contributed by atoms with Crippen LogP contribution in [0.1, 0.15) is 194 Å². The molecule has 210 valence electrons. The first-order valence-electron chi connectivity index (χ1n) is 16.1. The number of carbonyl (C=O) groups excluding carboxylic acids is 1. The number of hydrogen-bond acceptors (Lipinski definition) is 3. The minimum absolute atomic E-state index is 0.196. The summed E-state index contributed by atoms with van der Waals surface area (Å²) in [5.74, 6) is -0.196. The van der Waals surface area contributed by atoms with E-state index >= 15 is 0 Å². The Balaban J connectivity index is 3.14. The molecular weight excluding hydrogens is 432 g/mol. The van der Waals surface area contributed by atoms with E-state index < -0.39 is 0 Å². The molecule has 0 fully saturated rings. The highest BCUT2D eigenvalue weighted by atomic mass is 17.2. The van der Waals surface area contributed by atoms with Crippen molar-refractivity contribution < 1.29 is 14.6 Å². The first-order valence-corrected chi connectivity index (χ1v) is 16.1. The molecule has 3 nitrogen and oxygen atoms in total. The van der Waals surface area contributed by atoms with Gasteiger partial charge in [0.15, 0.2) is 0 Å². The van der Waals surface area contributed by atoms with Crippen molar-refractivity contribution in [3.05, 3.63) is 0 Å². The Morgan fingerprint density at radius 2 is 0.686 bits per heavy atom. The summed E-state index contributed by atoms with van der Waals surface area (Å²) >= 11 is 0. The number of rotatable bonds is 30. The zero-order chi connectivity index (χ0) is 25.5. The maximum Gasteiger partial charge on any atom is 0.342 e. The van der Waals surface area contributed by atoms with Crippen LogP contribution in [0.25, 0.3) is 0 Å². The summed E-state index contributed by atoms with van der Waals surface area (Å²) in [5, 5.41) is 0. The largest absolute Gasteiger partial charge is 0.342 e. The van der Waals surface area contributed by atoms with Gasteiger partial charge in [-0.2, -0.15) is 4.89 Å². The van der Waals surface area contributed by atoms with Crippen LogP contribution < -0.4 is 0 Å². The molecule has 0 aliphatic heterocycles. The molecule has 0 rings (SSSR count). The van der Waals surface area contributed by atoms with Gasteiger partial charge >= 0.3 is 5.97 Å². The van der Waals surface area contributed by atoms with Crippen LogP contribution in [0.3, 0.4) is 0 Å². The van der Waals surface area contributed by atoms with Gasteiger partial charge in [0, 0.05) is 6.42 Å². The Hall–Kier alpha value is -0.570. The molecule has 0 saturated heterocycles. The summed E-state index contributed by atoms with van der Waals surface area (Å²) < 4.78 is 0. The van der Waals surface area contributed by atoms with E-state index in [9.17, 15) is 4.79 Å². The average molecular weight is 497 g/mol. The van der Waals surface area contributed by atoms with Crippen molar-refractivity contribution in [2.24, 2.45) is 0 Å². The lowest BCUT2D eigenvalue weighted by atomic mass is 10.0. The molecule has 0 aromatic carbocycles. The lowest BCUT2D eigenvalue weighted by Gasteiger charge is -2.05. The highest BCUT2D eigenvalue weighted by molar-refractivity contribution is 5.68. The standard InChI is InChI=1S/C32H64O3/c1-3-5-7-9-11-13-15-17-19-21-23-25-27-29-31-34-35-32(33)30-28-26-24-22-20-18-16-14-12-10-8-6-4-2/h3-31H2,1-2H3. The first kappa shape index (κ1) is 34.4. The van der Waals surface area contributed by atoms with Gasteiger partial charge in [0.05, 0.1) is 6.61 Å². The third-order valence-electron chi connectivity index (χ3n) is 7.22. The molecule has 0 aliphatic carbocycles. The minimum atomic E-state index is -0.196. The Morgan fingerprint density at radius 1 is 0.400 bits per heavy atom. The van der Waals surface area contributed by atoms with Gasteiger partial charge in [-0.3, -0.25) is 4.89 Å². The van der Waals surface area contributed by atoms with E-state index in [1.165, 1.54) is 154 Å². The van der Waals surface area contributed by atoms with E-state index in [0.29, 0.717) is 13.0 Å². The SMILES string of the molecule is CCCCCCCCCCCCCCCCOOC(=O)CCCCCCCCCCCCCCC. The van der Waals surface area contributed by atoms with E-state index in [1.54, 1.807) is 0 Å². The molecular formula is C32H64O3. The van der Waals surface area contributed by atoms with E-state index in [2.05, 4.69) is 13.8 Å². The Bertz CT molecular complexity index is 396. The molecule has 0 N–H and O–H groups in total. The topological polar surface area (TPSA) is 35.5 Å². The van der Waals surface area contributed by atoms with Crippen LogP contribution in [-0.2, 0) is 14.6 Å². The zero-order valence-corrected chi connectivity index (χ0v) is 24.2. The zero-order valence-electron chi connectivity index (χ0n) is 24.2. The molecule has 0 amide bonds. The van der Waals surface area contributed by atoms with Crippen LogP contribution in [-0.4, -0.2) is 12.6 Å². The Kier molecular flexibility index (Phi) is 30.9. The summed E-state index contributed by atoms with van der Waals surface area (Å²) in [6.45, 7) is 5.10. The minimum Gasteiger partial charge on any atom is -0.298 e. The van der Waals surface area contributed by atoms with Gasteiger partial charge in [0.1, 0.15) is 0 Å². The van der Waals surface area contributed by atoms with Crippen molar-refractivity contribution in [2.75, 3.05) is 6.61 Å². The molecule has 0 atom stereocenters. The third kappa shape index (κ3) is 31.4. The second-order valence-electron chi connectivity index (χ2n) is 10.9. The van der Waals surface area contributed by atoms with Gasteiger partial charge < -0.3 is 0 Å². The van der Waals surface area contributed by atoms with Gasteiger partial charge in [-0.25, -0.2) is 4.79 Å². The number of hydrogen-bond donors (Lipinski definition) is 0. The molecule has 0 aromatic heterocycles. The van der Waals surface area contributed by atoms with Crippen molar-refractivity contribution >= 4 is 5.97 Å². The lowest BCUT2D eigenvalue weighted by molar-refractivity contribution is -0.272. The summed E-state index contributed by atoms with van der Waals surface area (Å²) in [5.41, 5.74) is 0. The van der Waals surface area contributed by atoms with E-state index in [0.717, 1.165) is 19.3 Å². The highest BCUT2D eigenvalue weighted by Crippen LogP contribution is 2.14. The fraction of sp³-hybridized carbons (Fsp3) is 0.969. The molecule has 0 saturated carbocycles. The summed E-state index contributed by atoms with van der Waals surface area (Å²) in [4.78, 5) is 21.8. The van der Waals surface area contributed by atoms with Gasteiger partial charge in [-0.1, -0.05) is 174 Å². The number of carbonyl (C=O) groups is 1. The fourth-order valence-electron chi connectivity index (χ4n) is 4.79. The molecule has 0 spiro atoms. The molecule has 35 heavy (non-hydrogen) atoms. The van der Waals surface area contributed by atoms with Crippen molar-refractivity contribution in [1.29, 1.82) is 0 Å². The van der Waals surface area contributed by atoms with Crippen LogP contribution in [0, 0.1) is 0 Å². The lowest BCUT2D eigenvalue weighted by Crippen LogP contribution is -2.06. The van der Waals surface area contributed by atoms with E-state index in [1.807, 2.05) is 0 Å². The van der Waals surface area contributed by atoms with Crippen molar-refractivity contribution in [3.8, 4) is 0 Å². The van der Waals surface area contributed by atoms with Gasteiger partial charge in [0.25, 0.3) is 0 Å². The quantitative estimate of drug-likeness (QED) is 0.0563. The van der Waals surface area contributed by atoms with Crippen LogP contribution in [0.2, 0.25) is 0 Å². The maximum absolute atomic E-state index is 11.7. The molecule has 3 heteroatoms. The van der Waals surface area contributed by atoms with Gasteiger partial charge in [0.2, 0.25) is 0 Å². The summed E-state index contributed by atoms with van der Waals surface area (Å²) in [7, 11) is 0. The van der Waals surface area contributed by atoms with Crippen LogP contribution in [0.15, 0.2) is 0 Å². The second kappa shape index (κ2) is 31.5. The second-order valence-corrected chi connectivity index (χ2v) is 10.9. The smallest absolute Gasteiger partial charge is 0.298 e. The monoisotopic (exact) mass is 496 g/mol. The molecule has 0 aliphatic rings. The molecule has 0 bridgehead atoms. The van der Waals surface area contributed by atoms with Crippen LogP contribution >= 0.6 is 0 Å². The first-order chi connectivity index (χ1) is 17.3. The van der Waals surface area contributed by atoms with E-state index in [-0.39, 0.29) is 5.97 Å². The molecule has 0 unspecified atom stereocenters. The Morgan fingerprint density at radius 3 is 1.03 bits per heavy atom. The third-order valence-corrected chi connectivity index (χ3v) is 7.22. The van der Waals surface area contributed by atoms with Crippen LogP contribution in [0.5, 0.6) is 0 Å². The van der Waals surface area contributed by atoms with Crippen molar-refractivity contribution in [2.45, 2.75) is 194 Å². The Labute approximate surface area is 220 Å². The molecule has 0 heterocycles. The van der Waals surface area contributed by atoms with E-state index in [4.69, 9.17) is 9.78 Å².